The molecule has 0 aliphatic heterocycles. The number of aryl methyl sites for hydroxylation is 11. The fraction of sp³-hybridized carbons (Fsp3) is 0.311. The van der Waals surface area contributed by atoms with E-state index in [1.165, 1.54) is 222 Å². The van der Waals surface area contributed by atoms with Crippen LogP contribution in [0.1, 0.15) is 267 Å². The Bertz CT molecular complexity index is 8600. The molecule has 0 atom stereocenters. The smallest absolute Gasteiger partial charge is 0.227 e. The number of rotatable bonds is 12. The van der Waals surface area contributed by atoms with Crippen LogP contribution in [0.5, 0.6) is 0 Å². The van der Waals surface area contributed by atoms with Crippen molar-refractivity contribution in [1.82, 2.24) is 4.98 Å². The quantitative estimate of drug-likeness (QED) is 0.114. The SMILES string of the molecule is CCC1(CC)c2ccccc2-c2c1ccc1c2oc2c(-c3cc(C)c(C(C)C)c[n+]3C)c(C)ccc21.Cc1cc(-c2c(C)ccc3c2oc2c4c(ccc23)C(C(C)C)(C(C)C)c2ccccc2-4)[n+](C)cc1C(C)C.Cc1cc(-c2c(C)ccc3c2oc2c4c(ccc23)C(C)(C)c2ccccc2-4)[n+](C)cc1C(C)C.Cc1ccc2c(oc3ncc4c(c32)C(C)(C)c2ccccc2-4)c1-c1cc(C(C)C)cc[n+]1C. The maximum Gasteiger partial charge on any atom is 0.227 e. The fourth-order valence-electron chi connectivity index (χ4n) is 26.3. The standard InChI is InChI=1S/C36H40NO.C34H36NO.C32H32NO.C30H29N2O/c1-20(2)28-19-37(9)31(18-24(28)8)32-23(7)14-15-25-26-16-17-30-33(35(26)38-34(25)32)27-12-10-11-13-29(27)36(30,21(3)4)22(5)6;1-8-34(9-2)27-13-11-10-12-25(27)31-28(34)17-16-24-23-15-14-21(5)30(32(23)36-33(24)31)29-18-22(6)26(20(3)4)19-35(29)7;1-18(2)24-17-33(7)27(16-20(24)4)28-19(3)12-13-21-22-14-15-26-29(31(22)34-30(21)28)23-10-8-9-11-25(23)32(26,5)6;1-17(2)19-13-14-32(6)24(15-19)25-18(3)11-12-21-26-27-22(16-31-29(26)33-28(21)25)20-9-7-8-10-23(20)30(27,4)5/h10-22H,1-9H3;10-20H,8-9H2,1-7H3;8-18H,1-7H3;7-17H,1-6H3/q4*+1. The van der Waals surface area contributed by atoms with Crippen molar-refractivity contribution in [2.45, 2.75) is 231 Å². The third kappa shape index (κ3) is 14.0. The summed E-state index contributed by atoms with van der Waals surface area (Å²) in [7, 11) is 8.58. The third-order valence-electron chi connectivity index (χ3n) is 33.6. The molecular formula is C132H137N5O4+4. The van der Waals surface area contributed by atoms with Gasteiger partial charge in [-0.2, -0.15) is 0 Å². The Kier molecular flexibility index (Phi) is 22.8. The van der Waals surface area contributed by atoms with Crippen LogP contribution in [-0.4, -0.2) is 4.98 Å². The highest BCUT2D eigenvalue weighted by Crippen LogP contribution is 2.62. The minimum absolute atomic E-state index is 0.0337. The highest BCUT2D eigenvalue weighted by atomic mass is 16.3. The third-order valence-corrected chi connectivity index (χ3v) is 33.6. The molecule has 0 unspecified atom stereocenters. The first kappa shape index (κ1) is 93.7. The molecule has 4 aliphatic rings. The first-order chi connectivity index (χ1) is 67.4. The van der Waals surface area contributed by atoms with Gasteiger partial charge in [0.05, 0.1) is 27.6 Å². The zero-order valence-electron chi connectivity index (χ0n) is 88.3. The van der Waals surface area contributed by atoms with Crippen LogP contribution in [0, 0.1) is 60.3 Å². The van der Waals surface area contributed by atoms with Crippen LogP contribution in [-0.2, 0) is 49.9 Å². The van der Waals surface area contributed by atoms with Gasteiger partial charge in [-0.3, -0.25) is 0 Å². The van der Waals surface area contributed by atoms with Crippen molar-refractivity contribution >= 4 is 87.9 Å². The molecule has 0 bridgehead atoms. The predicted octanol–water partition coefficient (Wildman–Crippen LogP) is 33.6. The van der Waals surface area contributed by atoms with Gasteiger partial charge < -0.3 is 17.7 Å². The van der Waals surface area contributed by atoms with Crippen molar-refractivity contribution < 1.29 is 35.9 Å². The molecule has 9 nitrogen and oxygen atoms in total. The molecule has 141 heavy (non-hydrogen) atoms. The maximum absolute atomic E-state index is 7.03. The number of pyridine rings is 5. The summed E-state index contributed by atoms with van der Waals surface area (Å²) >= 11 is 0. The largest absolute Gasteiger partial charge is 0.454 e. The number of hydrogen-bond donors (Lipinski definition) is 0. The van der Waals surface area contributed by atoms with Crippen LogP contribution >= 0.6 is 0 Å². The number of benzene rings is 11. The number of nitrogens with zero attached hydrogens (tertiary/aromatic N) is 5. The molecule has 9 aromatic heterocycles. The molecule has 0 saturated carbocycles. The van der Waals surface area contributed by atoms with Crippen LogP contribution in [0.15, 0.2) is 261 Å². The van der Waals surface area contributed by atoms with Gasteiger partial charge in [0, 0.05) is 135 Å². The van der Waals surface area contributed by atoms with Crippen molar-refractivity contribution in [2.75, 3.05) is 0 Å². The van der Waals surface area contributed by atoms with Crippen LogP contribution in [0.2, 0.25) is 0 Å². The Labute approximate surface area is 833 Å². The van der Waals surface area contributed by atoms with Crippen LogP contribution in [0.25, 0.3) is 177 Å². The van der Waals surface area contributed by atoms with E-state index < -0.39 is 0 Å². The fourth-order valence-corrected chi connectivity index (χ4v) is 26.3. The second-order valence-electron chi connectivity index (χ2n) is 44.5. The molecule has 20 aromatic rings. The molecule has 4 aliphatic carbocycles. The van der Waals surface area contributed by atoms with E-state index in [1.807, 2.05) is 6.20 Å². The molecule has 0 amide bonds. The van der Waals surface area contributed by atoms with Crippen molar-refractivity contribution in [3.63, 3.8) is 0 Å². The molecule has 0 saturated heterocycles. The van der Waals surface area contributed by atoms with Gasteiger partial charge in [-0.1, -0.05) is 307 Å². The molecule has 9 heteroatoms. The van der Waals surface area contributed by atoms with E-state index in [-0.39, 0.29) is 21.7 Å². The topological polar surface area (TPSA) is 81.0 Å². The Balaban J connectivity index is 0.000000112. The average molecular weight is 1860 g/mol. The van der Waals surface area contributed by atoms with Crippen molar-refractivity contribution in [3.05, 3.63) is 349 Å². The highest BCUT2D eigenvalue weighted by Gasteiger charge is 2.50. The molecule has 9 heterocycles. The van der Waals surface area contributed by atoms with E-state index in [1.54, 1.807) is 0 Å². The summed E-state index contributed by atoms with van der Waals surface area (Å²) in [4.78, 5) is 4.81. The Morgan fingerprint density at radius 3 is 1.04 bits per heavy atom. The van der Waals surface area contributed by atoms with Crippen molar-refractivity contribution in [1.29, 1.82) is 0 Å². The number of furan rings is 4. The summed E-state index contributed by atoms with van der Waals surface area (Å²) in [6, 6.07) is 78.9. The average Bonchev–Trinajstić information content (AvgIpc) is 1.48. The lowest BCUT2D eigenvalue weighted by Crippen LogP contribution is -2.37. The minimum atomic E-state index is -0.114. The highest BCUT2D eigenvalue weighted by molar-refractivity contribution is 6.19. The van der Waals surface area contributed by atoms with Gasteiger partial charge >= 0.3 is 0 Å². The lowest BCUT2D eigenvalue weighted by atomic mass is 9.63. The van der Waals surface area contributed by atoms with E-state index >= 15 is 0 Å². The van der Waals surface area contributed by atoms with Crippen molar-refractivity contribution in [2.24, 2.45) is 40.0 Å². The first-order valence-corrected chi connectivity index (χ1v) is 51.6. The summed E-state index contributed by atoms with van der Waals surface area (Å²) in [6.07, 6.45) is 13.2. The molecule has 0 radical (unpaired) electrons. The van der Waals surface area contributed by atoms with E-state index in [9.17, 15) is 0 Å². The number of aromatic nitrogens is 5. The Morgan fingerprint density at radius 2 is 0.624 bits per heavy atom. The molecule has 0 spiro atoms. The first-order valence-electron chi connectivity index (χ1n) is 51.6. The second-order valence-corrected chi connectivity index (χ2v) is 44.5. The lowest BCUT2D eigenvalue weighted by molar-refractivity contribution is -0.661. The van der Waals surface area contributed by atoms with Crippen LogP contribution < -0.4 is 18.3 Å². The van der Waals surface area contributed by atoms with Gasteiger partial charge in [0.2, 0.25) is 28.5 Å². The second kappa shape index (κ2) is 34.4. The van der Waals surface area contributed by atoms with Gasteiger partial charge in [-0.15, -0.1) is 0 Å². The van der Waals surface area contributed by atoms with Gasteiger partial charge in [0.15, 0.2) is 30.4 Å². The summed E-state index contributed by atoms with van der Waals surface area (Å²) in [5, 5.41) is 9.47. The van der Waals surface area contributed by atoms with Crippen LogP contribution in [0.4, 0.5) is 0 Å². The zero-order chi connectivity index (χ0) is 99.5. The van der Waals surface area contributed by atoms with E-state index in [0.29, 0.717) is 35.5 Å². The molecule has 11 aromatic carbocycles. The van der Waals surface area contributed by atoms with E-state index in [0.717, 1.165) is 74.0 Å². The van der Waals surface area contributed by atoms with Gasteiger partial charge in [0.25, 0.3) is 0 Å². The summed E-state index contributed by atoms with van der Waals surface area (Å²) in [6.45, 7) is 56.9. The summed E-state index contributed by atoms with van der Waals surface area (Å²) in [5.41, 5.74) is 52.9. The van der Waals surface area contributed by atoms with Gasteiger partial charge in [0.1, 0.15) is 61.7 Å². The molecule has 0 fully saturated rings. The molecular weight excluding hydrogens is 1720 g/mol. The molecule has 710 valence electrons. The lowest BCUT2D eigenvalue weighted by Gasteiger charge is -2.40. The molecule has 0 N–H and O–H groups in total. The predicted molar refractivity (Wildman–Crippen MR) is 586 cm³/mol. The van der Waals surface area contributed by atoms with Gasteiger partial charge in [-0.05, 0) is 208 Å². The summed E-state index contributed by atoms with van der Waals surface area (Å²) < 4.78 is 36.4. The van der Waals surface area contributed by atoms with E-state index in [4.69, 9.17) is 22.7 Å². The zero-order valence-corrected chi connectivity index (χ0v) is 88.3. The van der Waals surface area contributed by atoms with E-state index in [2.05, 4.69) is 457 Å². The van der Waals surface area contributed by atoms with Crippen molar-refractivity contribution in [3.8, 4) is 89.5 Å². The van der Waals surface area contributed by atoms with Crippen LogP contribution in [0.3, 0.4) is 0 Å². The Hall–Kier alpha value is -13.6. The minimum Gasteiger partial charge on any atom is -0.454 e. The summed E-state index contributed by atoms with van der Waals surface area (Å²) in [5.74, 6) is 2.87. The number of fused-ring (bicyclic) bond motifs is 28. The number of hydrogen-bond acceptors (Lipinski definition) is 5. The molecule has 24 rings (SSSR count). The maximum atomic E-state index is 7.03. The Morgan fingerprint density at radius 1 is 0.291 bits per heavy atom. The monoisotopic (exact) mass is 1860 g/mol. The van der Waals surface area contributed by atoms with Gasteiger partial charge in [-0.25, -0.2) is 23.3 Å². The normalized spacial score (nSPS) is 14.2.